The molecular weight excluding hydrogens is 530 g/mol. The Bertz CT molecular complexity index is 1680. The van der Waals surface area contributed by atoms with Crippen LogP contribution in [-0.2, 0) is 0 Å². The molecule has 2 heterocycles. The molecule has 0 bridgehead atoms. The monoisotopic (exact) mass is 557 g/mol. The molecule has 4 aromatic rings. The largest absolute Gasteiger partial charge is 0.382 e. The average molecular weight is 558 g/mol. The van der Waals surface area contributed by atoms with Crippen LogP contribution in [0.3, 0.4) is 0 Å². The van der Waals surface area contributed by atoms with Crippen molar-refractivity contribution in [3.8, 4) is 11.8 Å². The zero-order chi connectivity index (χ0) is 28.2. The first kappa shape index (κ1) is 26.9. The standard InChI is InChI=1S/C28H28ClN9O2/c1-16(34-25-20(14-30)24(31)32-15-33-25)26-37-22-12-6-11-21(29)23(22)27(39)38(26)19-10-5-9-18(13-19)36-28(40)35-17-7-3-2-4-8-17/h5-6,9-13,15-17H,2-4,7-8H2,1H3,(H2,35,36,40)(H3,31,32,33,34). The summed E-state index contributed by atoms with van der Waals surface area (Å²) in [6.45, 7) is 1.79. The lowest BCUT2D eigenvalue weighted by atomic mass is 9.96. The highest BCUT2D eigenvalue weighted by atomic mass is 35.5. The van der Waals surface area contributed by atoms with Gasteiger partial charge in [-0.05, 0) is 50.1 Å². The summed E-state index contributed by atoms with van der Waals surface area (Å²) in [6.07, 6.45) is 6.58. The van der Waals surface area contributed by atoms with Gasteiger partial charge in [0.25, 0.3) is 5.56 Å². The van der Waals surface area contributed by atoms with Gasteiger partial charge in [0.05, 0.1) is 27.7 Å². The Hall–Kier alpha value is -4.69. The third kappa shape index (κ3) is 5.53. The Balaban J connectivity index is 1.55. The molecule has 1 atom stereocenters. The molecule has 0 spiro atoms. The van der Waals surface area contributed by atoms with E-state index >= 15 is 0 Å². The maximum atomic E-state index is 13.9. The molecule has 1 fully saturated rings. The van der Waals surface area contributed by atoms with Crippen molar-refractivity contribution in [3.05, 3.63) is 75.6 Å². The van der Waals surface area contributed by atoms with Gasteiger partial charge in [0.2, 0.25) is 0 Å². The van der Waals surface area contributed by atoms with Crippen molar-refractivity contribution < 1.29 is 4.79 Å². The van der Waals surface area contributed by atoms with Crippen molar-refractivity contribution in [2.45, 2.75) is 51.1 Å². The minimum absolute atomic E-state index is 0.0353. The summed E-state index contributed by atoms with van der Waals surface area (Å²) in [5.74, 6) is 0.585. The van der Waals surface area contributed by atoms with E-state index in [0.717, 1.165) is 25.7 Å². The summed E-state index contributed by atoms with van der Waals surface area (Å²) in [5.41, 5.74) is 6.96. The summed E-state index contributed by atoms with van der Waals surface area (Å²) >= 11 is 6.43. The number of nitrogens with two attached hydrogens (primary N) is 1. The number of aromatic nitrogens is 4. The molecule has 40 heavy (non-hydrogen) atoms. The normalized spacial score (nSPS) is 14.3. The number of halogens is 1. The molecule has 12 heteroatoms. The smallest absolute Gasteiger partial charge is 0.319 e. The zero-order valence-corrected chi connectivity index (χ0v) is 22.6. The van der Waals surface area contributed by atoms with Gasteiger partial charge < -0.3 is 21.7 Å². The number of urea groups is 1. The summed E-state index contributed by atoms with van der Waals surface area (Å²) in [4.78, 5) is 39.4. The second-order valence-corrected chi connectivity index (χ2v) is 10.1. The Kier molecular flexibility index (Phi) is 7.79. The molecule has 2 aromatic carbocycles. The Labute approximate surface area is 235 Å². The molecule has 5 rings (SSSR count). The molecule has 2 amide bonds. The lowest BCUT2D eigenvalue weighted by Crippen LogP contribution is -2.39. The van der Waals surface area contributed by atoms with Crippen LogP contribution in [0, 0.1) is 11.3 Å². The van der Waals surface area contributed by atoms with Crippen LogP contribution < -0.4 is 27.2 Å². The molecular formula is C28H28ClN9O2. The number of rotatable bonds is 6. The predicted molar refractivity (Wildman–Crippen MR) is 155 cm³/mol. The van der Waals surface area contributed by atoms with Crippen LogP contribution in [0.5, 0.6) is 0 Å². The first-order valence-electron chi connectivity index (χ1n) is 13.0. The van der Waals surface area contributed by atoms with Gasteiger partial charge in [-0.15, -0.1) is 0 Å². The lowest BCUT2D eigenvalue weighted by molar-refractivity contribution is 0.244. The molecule has 1 aliphatic rings. The van der Waals surface area contributed by atoms with Crippen molar-refractivity contribution in [2.75, 3.05) is 16.4 Å². The first-order chi connectivity index (χ1) is 19.4. The molecule has 0 aliphatic heterocycles. The van der Waals surface area contributed by atoms with Gasteiger partial charge in [-0.25, -0.2) is 19.7 Å². The van der Waals surface area contributed by atoms with Crippen LogP contribution >= 0.6 is 11.6 Å². The van der Waals surface area contributed by atoms with Crippen molar-refractivity contribution in [1.82, 2.24) is 24.8 Å². The maximum Gasteiger partial charge on any atom is 0.319 e. The molecule has 0 saturated heterocycles. The van der Waals surface area contributed by atoms with Gasteiger partial charge in [-0.2, -0.15) is 5.26 Å². The fourth-order valence-electron chi connectivity index (χ4n) is 4.96. The third-order valence-corrected chi connectivity index (χ3v) is 7.22. The van der Waals surface area contributed by atoms with Crippen LogP contribution in [-0.4, -0.2) is 31.6 Å². The van der Waals surface area contributed by atoms with E-state index < -0.39 is 6.04 Å². The SMILES string of the molecule is CC(Nc1ncnc(N)c1C#N)c1nc2cccc(Cl)c2c(=O)n1-c1cccc(NC(=O)NC2CCCCC2)c1. The Morgan fingerprint density at radius 2 is 1.95 bits per heavy atom. The van der Waals surface area contributed by atoms with Crippen molar-refractivity contribution in [1.29, 1.82) is 5.26 Å². The van der Waals surface area contributed by atoms with Crippen molar-refractivity contribution in [2.24, 2.45) is 0 Å². The molecule has 5 N–H and O–H groups in total. The molecule has 1 unspecified atom stereocenters. The van der Waals surface area contributed by atoms with E-state index in [0.29, 0.717) is 22.7 Å². The fraction of sp³-hybridized carbons (Fsp3) is 0.286. The zero-order valence-electron chi connectivity index (χ0n) is 21.8. The average Bonchev–Trinajstić information content (AvgIpc) is 2.93. The number of fused-ring (bicyclic) bond motifs is 1. The van der Waals surface area contributed by atoms with E-state index in [1.54, 1.807) is 49.4 Å². The molecule has 204 valence electrons. The number of anilines is 3. The maximum absolute atomic E-state index is 13.9. The minimum Gasteiger partial charge on any atom is -0.382 e. The first-order valence-corrected chi connectivity index (χ1v) is 13.4. The highest BCUT2D eigenvalue weighted by Crippen LogP contribution is 2.27. The van der Waals surface area contributed by atoms with Crippen molar-refractivity contribution >= 4 is 45.9 Å². The van der Waals surface area contributed by atoms with Crippen LogP contribution in [0.2, 0.25) is 5.02 Å². The van der Waals surface area contributed by atoms with E-state index in [-0.39, 0.29) is 45.2 Å². The van der Waals surface area contributed by atoms with Crippen LogP contribution in [0.25, 0.3) is 16.6 Å². The number of benzene rings is 2. The highest BCUT2D eigenvalue weighted by molar-refractivity contribution is 6.35. The number of amides is 2. The highest BCUT2D eigenvalue weighted by Gasteiger charge is 2.22. The summed E-state index contributed by atoms with van der Waals surface area (Å²) in [7, 11) is 0. The van der Waals surface area contributed by atoms with E-state index in [9.17, 15) is 14.9 Å². The second kappa shape index (κ2) is 11.6. The van der Waals surface area contributed by atoms with E-state index in [1.807, 2.05) is 6.07 Å². The van der Waals surface area contributed by atoms with Crippen LogP contribution in [0.15, 0.2) is 53.6 Å². The lowest BCUT2D eigenvalue weighted by Gasteiger charge is -2.23. The summed E-state index contributed by atoms with van der Waals surface area (Å²) < 4.78 is 1.44. The number of nitriles is 1. The van der Waals surface area contributed by atoms with E-state index in [2.05, 4.69) is 25.9 Å². The minimum atomic E-state index is -0.608. The third-order valence-electron chi connectivity index (χ3n) is 6.90. The van der Waals surface area contributed by atoms with Crippen LogP contribution in [0.4, 0.5) is 22.1 Å². The van der Waals surface area contributed by atoms with Crippen molar-refractivity contribution in [3.63, 3.8) is 0 Å². The van der Waals surface area contributed by atoms with Gasteiger partial charge in [-0.1, -0.05) is 43.0 Å². The van der Waals surface area contributed by atoms with Gasteiger partial charge in [0, 0.05) is 11.7 Å². The number of carbonyl (C=O) groups is 1. The quantitative estimate of drug-likeness (QED) is 0.260. The predicted octanol–water partition coefficient (Wildman–Crippen LogP) is 4.91. The van der Waals surface area contributed by atoms with Gasteiger partial charge in [-0.3, -0.25) is 9.36 Å². The Morgan fingerprint density at radius 1 is 1.18 bits per heavy atom. The summed E-state index contributed by atoms with van der Waals surface area (Å²) in [5, 5.41) is 19.2. The van der Waals surface area contributed by atoms with Crippen LogP contribution in [0.1, 0.15) is 56.5 Å². The number of hydrogen-bond donors (Lipinski definition) is 4. The molecule has 0 radical (unpaired) electrons. The Morgan fingerprint density at radius 3 is 2.73 bits per heavy atom. The summed E-state index contributed by atoms with van der Waals surface area (Å²) in [6, 6.07) is 13.3. The molecule has 2 aromatic heterocycles. The van der Waals surface area contributed by atoms with Gasteiger partial charge in [0.1, 0.15) is 35.4 Å². The number of nitrogen functional groups attached to an aromatic ring is 1. The molecule has 1 saturated carbocycles. The van der Waals surface area contributed by atoms with E-state index in [4.69, 9.17) is 22.3 Å². The number of carbonyl (C=O) groups excluding carboxylic acids is 1. The number of nitrogens with one attached hydrogen (secondary N) is 3. The van der Waals surface area contributed by atoms with E-state index in [1.165, 1.54) is 17.3 Å². The van der Waals surface area contributed by atoms with Gasteiger partial charge in [0.15, 0.2) is 0 Å². The molecule has 11 nitrogen and oxygen atoms in total. The van der Waals surface area contributed by atoms with Gasteiger partial charge >= 0.3 is 6.03 Å². The fourth-order valence-corrected chi connectivity index (χ4v) is 5.21. The number of hydrogen-bond acceptors (Lipinski definition) is 8. The molecule has 1 aliphatic carbocycles. The number of nitrogens with zero attached hydrogens (tertiary/aromatic N) is 5. The second-order valence-electron chi connectivity index (χ2n) is 9.69. The topological polar surface area (TPSA) is 164 Å².